The van der Waals surface area contributed by atoms with Crippen molar-refractivity contribution in [2.45, 2.75) is 6.42 Å². The molecule has 82 valence electrons. The number of para-hydroxylation sites is 2. The third-order valence-electron chi connectivity index (χ3n) is 2.08. The molecule has 0 bridgehead atoms. The Balaban J connectivity index is 2.15. The van der Waals surface area contributed by atoms with E-state index in [9.17, 15) is 5.21 Å². The molecule has 0 unspecified atom stereocenters. The van der Waals surface area contributed by atoms with Crippen LogP contribution in [0.15, 0.2) is 29.3 Å². The highest BCUT2D eigenvalue weighted by Crippen LogP contribution is 2.26. The van der Waals surface area contributed by atoms with Gasteiger partial charge in [-0.25, -0.2) is 0 Å². The Labute approximate surface area is 92.8 Å². The van der Waals surface area contributed by atoms with Crippen molar-refractivity contribution in [2.75, 3.05) is 17.0 Å². The predicted molar refractivity (Wildman–Crippen MR) is 61.6 cm³/mol. The van der Waals surface area contributed by atoms with Gasteiger partial charge in [-0.15, -0.1) is 0 Å². The fourth-order valence-corrected chi connectivity index (χ4v) is 1.36. The zero-order valence-corrected chi connectivity index (χ0v) is 8.47. The summed E-state index contributed by atoms with van der Waals surface area (Å²) >= 11 is 0. The lowest BCUT2D eigenvalue weighted by Crippen LogP contribution is -2.46. The van der Waals surface area contributed by atoms with E-state index in [1.165, 1.54) is 0 Å². The predicted octanol–water partition coefficient (Wildman–Crippen LogP) is 1.19. The van der Waals surface area contributed by atoms with Gasteiger partial charge < -0.3 is 15.7 Å². The van der Waals surface area contributed by atoms with Gasteiger partial charge in [0.05, 0.1) is 30.4 Å². The topological polar surface area (TPSA) is 86.5 Å². The second-order valence-electron chi connectivity index (χ2n) is 3.19. The molecule has 1 aromatic rings. The Hall–Kier alpha value is -2.26. The van der Waals surface area contributed by atoms with Crippen molar-refractivity contribution in [3.05, 3.63) is 29.5 Å². The number of nitriles is 1. The lowest BCUT2D eigenvalue weighted by Gasteiger charge is -2.38. The summed E-state index contributed by atoms with van der Waals surface area (Å²) in [5.74, 6) is 0.365. The number of guanidine groups is 1. The Bertz CT molecular complexity index is 451. The molecule has 2 rings (SSSR count). The molecule has 0 atom stereocenters. The van der Waals surface area contributed by atoms with Crippen LogP contribution in [0.3, 0.4) is 0 Å². The molecule has 0 radical (unpaired) electrons. The van der Waals surface area contributed by atoms with Gasteiger partial charge in [0.2, 0.25) is 5.96 Å². The molecule has 0 amide bonds. The maximum absolute atomic E-state index is 11.5. The van der Waals surface area contributed by atoms with Gasteiger partial charge in [0, 0.05) is 0 Å². The van der Waals surface area contributed by atoms with E-state index in [1.54, 1.807) is 18.2 Å². The molecule has 1 aromatic carbocycles. The number of hydrogen-bond donors (Lipinski definition) is 2. The van der Waals surface area contributed by atoms with Crippen LogP contribution in [0.2, 0.25) is 0 Å². The van der Waals surface area contributed by atoms with Gasteiger partial charge in [0.15, 0.2) is 0 Å². The van der Waals surface area contributed by atoms with Crippen LogP contribution in [0.1, 0.15) is 6.42 Å². The van der Waals surface area contributed by atoms with E-state index in [4.69, 9.17) is 5.26 Å². The van der Waals surface area contributed by atoms with Crippen molar-refractivity contribution in [1.82, 2.24) is 5.43 Å². The lowest BCUT2D eigenvalue weighted by molar-refractivity contribution is 0.887. The number of fused-ring (bicyclic) bond motifs is 1. The van der Waals surface area contributed by atoms with Gasteiger partial charge >= 0.3 is 0 Å². The van der Waals surface area contributed by atoms with Crippen molar-refractivity contribution >= 4 is 17.3 Å². The Morgan fingerprint density at radius 2 is 2.25 bits per heavy atom. The smallest absolute Gasteiger partial charge is 0.214 e. The molecule has 1 heterocycles. The van der Waals surface area contributed by atoms with Gasteiger partial charge in [-0.05, 0) is 12.1 Å². The fraction of sp³-hybridized carbons (Fsp3) is 0.200. The van der Waals surface area contributed by atoms with Crippen LogP contribution in [0, 0.1) is 16.5 Å². The zero-order valence-electron chi connectivity index (χ0n) is 8.47. The minimum absolute atomic E-state index is 0.327. The fourth-order valence-electron chi connectivity index (χ4n) is 1.36. The maximum atomic E-state index is 11.5. The molecule has 0 spiro atoms. The molecule has 0 aromatic heterocycles. The Morgan fingerprint density at radius 1 is 1.44 bits per heavy atom. The SMILES string of the molecule is N#CCCN=C1Nc2ccccc2N([O-])N1. The first-order valence-electron chi connectivity index (χ1n) is 4.82. The monoisotopic (exact) mass is 216 g/mol. The summed E-state index contributed by atoms with van der Waals surface area (Å²) in [6, 6.07) is 9.09. The first kappa shape index (κ1) is 10.3. The van der Waals surface area contributed by atoms with Gasteiger partial charge in [-0.1, -0.05) is 12.1 Å². The molecule has 1 aliphatic rings. The molecule has 0 saturated heterocycles. The van der Waals surface area contributed by atoms with Gasteiger partial charge in [0.1, 0.15) is 0 Å². The number of benzene rings is 1. The number of aliphatic imine (C=N–C) groups is 1. The van der Waals surface area contributed by atoms with Crippen molar-refractivity contribution < 1.29 is 0 Å². The number of rotatable bonds is 2. The van der Waals surface area contributed by atoms with Crippen LogP contribution >= 0.6 is 0 Å². The van der Waals surface area contributed by atoms with E-state index >= 15 is 0 Å². The van der Waals surface area contributed by atoms with E-state index in [-0.39, 0.29) is 0 Å². The molecule has 6 heteroatoms. The normalized spacial score (nSPS) is 16.0. The quantitative estimate of drug-likeness (QED) is 0.725. The summed E-state index contributed by atoms with van der Waals surface area (Å²) in [7, 11) is 0. The average Bonchev–Trinajstić information content (AvgIpc) is 2.30. The summed E-state index contributed by atoms with van der Waals surface area (Å²) in [6.07, 6.45) is 0.327. The summed E-state index contributed by atoms with van der Waals surface area (Å²) < 4.78 is 0. The molecule has 1 aliphatic heterocycles. The highest BCUT2D eigenvalue weighted by atomic mass is 16.5. The number of hydrogen-bond acceptors (Lipinski definition) is 4. The maximum Gasteiger partial charge on any atom is 0.214 e. The number of anilines is 2. The first-order chi connectivity index (χ1) is 7.81. The highest BCUT2D eigenvalue weighted by Gasteiger charge is 2.12. The van der Waals surface area contributed by atoms with Crippen molar-refractivity contribution in [3.8, 4) is 6.07 Å². The van der Waals surface area contributed by atoms with Crippen LogP contribution in [0.5, 0.6) is 0 Å². The third-order valence-corrected chi connectivity index (χ3v) is 2.08. The molecule has 0 fully saturated rings. The summed E-state index contributed by atoms with van der Waals surface area (Å²) in [6.45, 7) is 0.363. The van der Waals surface area contributed by atoms with Crippen LogP contribution in [0.4, 0.5) is 11.4 Å². The summed E-state index contributed by atoms with van der Waals surface area (Å²) in [5, 5.41) is 23.5. The van der Waals surface area contributed by atoms with E-state index in [1.807, 2.05) is 12.1 Å². The zero-order chi connectivity index (χ0) is 11.4. The van der Waals surface area contributed by atoms with E-state index in [0.29, 0.717) is 35.5 Å². The van der Waals surface area contributed by atoms with Gasteiger partial charge in [-0.3, -0.25) is 10.4 Å². The van der Waals surface area contributed by atoms with E-state index in [2.05, 4.69) is 15.7 Å². The van der Waals surface area contributed by atoms with Gasteiger partial charge in [0.25, 0.3) is 0 Å². The average molecular weight is 216 g/mol. The van der Waals surface area contributed by atoms with Crippen molar-refractivity contribution in [2.24, 2.45) is 4.99 Å². The van der Waals surface area contributed by atoms with E-state index in [0.717, 1.165) is 0 Å². The third kappa shape index (κ3) is 2.04. The highest BCUT2D eigenvalue weighted by molar-refractivity contribution is 6.00. The van der Waals surface area contributed by atoms with Crippen molar-refractivity contribution in [3.63, 3.8) is 0 Å². The summed E-state index contributed by atoms with van der Waals surface area (Å²) in [4.78, 5) is 4.05. The molecule has 16 heavy (non-hydrogen) atoms. The largest absolute Gasteiger partial charge is 0.739 e. The van der Waals surface area contributed by atoms with Crippen LogP contribution in [-0.2, 0) is 0 Å². The molecular weight excluding hydrogens is 206 g/mol. The lowest BCUT2D eigenvalue weighted by atomic mass is 10.2. The minimum Gasteiger partial charge on any atom is -0.739 e. The Kier molecular flexibility index (Phi) is 2.89. The van der Waals surface area contributed by atoms with Crippen LogP contribution in [-0.4, -0.2) is 12.5 Å². The number of nitrogens with one attached hydrogen (secondary N) is 2. The number of nitrogens with zero attached hydrogens (tertiary/aromatic N) is 3. The van der Waals surface area contributed by atoms with E-state index < -0.39 is 0 Å². The minimum atomic E-state index is 0.327. The molecule has 0 saturated carbocycles. The number of hydrazine groups is 1. The molecule has 0 aliphatic carbocycles. The van der Waals surface area contributed by atoms with Crippen molar-refractivity contribution in [1.29, 1.82) is 5.26 Å². The molecular formula is C10H10N5O-. The second kappa shape index (κ2) is 4.51. The van der Waals surface area contributed by atoms with Crippen LogP contribution < -0.4 is 15.9 Å². The first-order valence-corrected chi connectivity index (χ1v) is 4.82. The Morgan fingerprint density at radius 3 is 3.06 bits per heavy atom. The molecule has 2 N–H and O–H groups in total. The van der Waals surface area contributed by atoms with Gasteiger partial charge in [-0.2, -0.15) is 5.26 Å². The molecule has 6 nitrogen and oxygen atoms in total. The standard InChI is InChI=1S/C10H10N5O/c11-6-3-7-12-10-13-8-4-1-2-5-9(8)15(16)14-10/h1-2,4-5H,3,7H2,(H2,12,13,14)/q-1. The summed E-state index contributed by atoms with van der Waals surface area (Å²) in [5.41, 5.74) is 3.76. The second-order valence-corrected chi connectivity index (χ2v) is 3.19. The van der Waals surface area contributed by atoms with Crippen LogP contribution in [0.25, 0.3) is 0 Å².